The molecule has 3 heteroatoms. The molecule has 0 radical (unpaired) electrons. The van der Waals surface area contributed by atoms with Crippen LogP contribution in [0.1, 0.15) is 50.0 Å². The Kier molecular flexibility index (Phi) is 6.37. The third kappa shape index (κ3) is 4.62. The Morgan fingerprint density at radius 3 is 1.70 bits per heavy atom. The number of rotatable bonds is 8. The Morgan fingerprint density at radius 2 is 1.19 bits per heavy atom. The van der Waals surface area contributed by atoms with Crippen LogP contribution < -0.4 is 9.47 Å². The van der Waals surface area contributed by atoms with Gasteiger partial charge in [-0.1, -0.05) is 62.4 Å². The van der Waals surface area contributed by atoms with Crippen molar-refractivity contribution in [1.29, 1.82) is 0 Å². The Hall–Kier alpha value is -2.94. The number of phenolic OH excluding ortho intramolecular Hbond substituents is 1. The van der Waals surface area contributed by atoms with Crippen molar-refractivity contribution in [1.82, 2.24) is 0 Å². The normalized spacial score (nSPS) is 13.0. The topological polar surface area (TPSA) is 38.7 Å². The van der Waals surface area contributed by atoms with Crippen molar-refractivity contribution in [3.8, 4) is 17.2 Å². The van der Waals surface area contributed by atoms with Crippen LogP contribution in [-0.4, -0.2) is 5.11 Å². The first-order valence-corrected chi connectivity index (χ1v) is 9.48. The van der Waals surface area contributed by atoms with Gasteiger partial charge >= 0.3 is 0 Å². The molecule has 1 N–H and O–H groups in total. The predicted molar refractivity (Wildman–Crippen MR) is 108 cm³/mol. The first-order valence-electron chi connectivity index (χ1n) is 9.48. The van der Waals surface area contributed by atoms with Crippen molar-refractivity contribution in [2.24, 2.45) is 0 Å². The van der Waals surface area contributed by atoms with Gasteiger partial charge in [-0.25, -0.2) is 0 Å². The minimum absolute atomic E-state index is 0.164. The molecule has 3 aromatic rings. The quantitative estimate of drug-likeness (QED) is 0.500. The highest BCUT2D eigenvalue weighted by Crippen LogP contribution is 2.38. The maximum absolute atomic E-state index is 10.6. The van der Waals surface area contributed by atoms with Gasteiger partial charge in [0.05, 0.1) is 0 Å². The molecule has 0 spiro atoms. The van der Waals surface area contributed by atoms with Gasteiger partial charge in [-0.15, -0.1) is 0 Å². The fourth-order valence-electron chi connectivity index (χ4n) is 3.24. The van der Waals surface area contributed by atoms with E-state index < -0.39 is 0 Å². The van der Waals surface area contributed by atoms with Crippen molar-refractivity contribution in [2.75, 3.05) is 0 Å². The first-order chi connectivity index (χ1) is 13.2. The van der Waals surface area contributed by atoms with Gasteiger partial charge in [0, 0.05) is 11.1 Å². The fraction of sp³-hybridized carbons (Fsp3) is 0.250. The number of benzene rings is 3. The zero-order valence-corrected chi connectivity index (χ0v) is 15.8. The van der Waals surface area contributed by atoms with Crippen LogP contribution in [0.5, 0.6) is 17.2 Å². The summed E-state index contributed by atoms with van der Waals surface area (Å²) in [6.45, 7) is 4.14. The maximum Gasteiger partial charge on any atom is 0.127 e. The second-order valence-electron chi connectivity index (χ2n) is 6.44. The lowest BCUT2D eigenvalue weighted by Crippen LogP contribution is -2.15. The van der Waals surface area contributed by atoms with Crippen molar-refractivity contribution >= 4 is 0 Å². The van der Waals surface area contributed by atoms with Crippen molar-refractivity contribution in [2.45, 2.75) is 38.9 Å². The Balaban J connectivity index is 1.94. The molecule has 0 heterocycles. The summed E-state index contributed by atoms with van der Waals surface area (Å²) in [6, 6.07) is 25.1. The third-order valence-corrected chi connectivity index (χ3v) is 4.57. The number of phenols is 1. The largest absolute Gasteiger partial charge is 0.508 e. The van der Waals surface area contributed by atoms with Gasteiger partial charge in [-0.05, 0) is 43.2 Å². The average molecular weight is 362 g/mol. The molecule has 0 bridgehead atoms. The molecule has 3 nitrogen and oxygen atoms in total. The Bertz CT molecular complexity index is 831. The number of hydrogen-bond donors (Lipinski definition) is 1. The summed E-state index contributed by atoms with van der Waals surface area (Å²) >= 11 is 0. The monoisotopic (exact) mass is 362 g/mol. The van der Waals surface area contributed by atoms with E-state index >= 15 is 0 Å². The van der Waals surface area contributed by atoms with Crippen LogP contribution in [0, 0.1) is 0 Å². The van der Waals surface area contributed by atoms with Crippen LogP contribution in [0.2, 0.25) is 0 Å². The number of aromatic hydroxyl groups is 1. The second-order valence-corrected chi connectivity index (χ2v) is 6.44. The minimum atomic E-state index is -0.253. The zero-order valence-electron chi connectivity index (χ0n) is 15.8. The molecule has 0 aliphatic rings. The van der Waals surface area contributed by atoms with E-state index in [1.54, 1.807) is 6.07 Å². The Morgan fingerprint density at radius 1 is 0.667 bits per heavy atom. The highest BCUT2D eigenvalue weighted by molar-refractivity contribution is 5.43. The molecular weight excluding hydrogens is 336 g/mol. The lowest BCUT2D eigenvalue weighted by molar-refractivity contribution is 0.174. The summed E-state index contributed by atoms with van der Waals surface area (Å²) in [7, 11) is 0. The van der Waals surface area contributed by atoms with E-state index in [1.807, 2.05) is 72.8 Å². The first kappa shape index (κ1) is 18.8. The van der Waals surface area contributed by atoms with Crippen molar-refractivity contribution < 1.29 is 14.6 Å². The molecule has 3 rings (SSSR count). The van der Waals surface area contributed by atoms with Gasteiger partial charge in [0.15, 0.2) is 0 Å². The van der Waals surface area contributed by atoms with Gasteiger partial charge in [-0.2, -0.15) is 0 Å². The summed E-state index contributed by atoms with van der Waals surface area (Å²) in [4.78, 5) is 0. The van der Waals surface area contributed by atoms with Crippen LogP contribution in [0.3, 0.4) is 0 Å². The van der Waals surface area contributed by atoms with Crippen molar-refractivity contribution in [3.63, 3.8) is 0 Å². The van der Waals surface area contributed by atoms with Gasteiger partial charge in [0.25, 0.3) is 0 Å². The molecule has 0 aliphatic heterocycles. The van der Waals surface area contributed by atoms with E-state index in [0.717, 1.165) is 35.5 Å². The molecule has 140 valence electrons. The maximum atomic E-state index is 10.6. The molecule has 0 aliphatic carbocycles. The number of para-hydroxylation sites is 2. The van der Waals surface area contributed by atoms with Crippen molar-refractivity contribution in [3.05, 3.63) is 90.0 Å². The van der Waals surface area contributed by atoms with Crippen LogP contribution in [0.15, 0.2) is 78.9 Å². The molecule has 2 atom stereocenters. The summed E-state index contributed by atoms with van der Waals surface area (Å²) < 4.78 is 12.4. The van der Waals surface area contributed by atoms with Crippen LogP contribution in [-0.2, 0) is 0 Å². The predicted octanol–water partition coefficient (Wildman–Crippen LogP) is 6.45. The number of hydrogen-bond acceptors (Lipinski definition) is 3. The Labute approximate surface area is 161 Å². The van der Waals surface area contributed by atoms with Gasteiger partial charge in [-0.3, -0.25) is 0 Å². The molecule has 0 amide bonds. The fourth-order valence-corrected chi connectivity index (χ4v) is 3.24. The minimum Gasteiger partial charge on any atom is -0.508 e. The molecule has 3 aromatic carbocycles. The molecule has 0 saturated heterocycles. The zero-order chi connectivity index (χ0) is 19.1. The third-order valence-electron chi connectivity index (χ3n) is 4.57. The summed E-state index contributed by atoms with van der Waals surface area (Å²) in [5, 5.41) is 10.6. The van der Waals surface area contributed by atoms with E-state index in [1.165, 1.54) is 0 Å². The lowest BCUT2D eigenvalue weighted by Gasteiger charge is -2.26. The van der Waals surface area contributed by atoms with E-state index in [9.17, 15) is 5.11 Å². The van der Waals surface area contributed by atoms with Gasteiger partial charge in [0.2, 0.25) is 0 Å². The average Bonchev–Trinajstić information content (AvgIpc) is 2.72. The smallest absolute Gasteiger partial charge is 0.127 e. The summed E-state index contributed by atoms with van der Waals surface area (Å²) in [5.41, 5.74) is 1.76. The number of ether oxygens (including phenoxy) is 2. The SMILES string of the molecule is CCC(Oc1ccccc1)c1cccc(O)c1C(CC)Oc1ccccc1. The highest BCUT2D eigenvalue weighted by Gasteiger charge is 2.24. The molecule has 0 fully saturated rings. The van der Waals surface area contributed by atoms with Crippen LogP contribution in [0.4, 0.5) is 0 Å². The van der Waals surface area contributed by atoms with Gasteiger partial charge < -0.3 is 14.6 Å². The van der Waals surface area contributed by atoms with E-state index in [-0.39, 0.29) is 18.0 Å². The molecule has 0 aromatic heterocycles. The molecule has 27 heavy (non-hydrogen) atoms. The molecule has 2 unspecified atom stereocenters. The van der Waals surface area contributed by atoms with E-state index in [2.05, 4.69) is 13.8 Å². The molecular formula is C24H26O3. The summed E-state index contributed by atoms with van der Waals surface area (Å²) in [5.74, 6) is 1.84. The molecule has 0 saturated carbocycles. The second kappa shape index (κ2) is 9.13. The van der Waals surface area contributed by atoms with Gasteiger partial charge in [0.1, 0.15) is 29.5 Å². The lowest BCUT2D eigenvalue weighted by atomic mass is 9.94. The summed E-state index contributed by atoms with van der Waals surface area (Å²) in [6.07, 6.45) is 1.11. The van der Waals surface area contributed by atoms with E-state index in [4.69, 9.17) is 9.47 Å². The van der Waals surface area contributed by atoms with E-state index in [0.29, 0.717) is 0 Å². The van der Waals surface area contributed by atoms with Crippen LogP contribution in [0.25, 0.3) is 0 Å². The highest BCUT2D eigenvalue weighted by atomic mass is 16.5. The van der Waals surface area contributed by atoms with Crippen LogP contribution >= 0.6 is 0 Å². The standard InChI is InChI=1S/C24H26O3/c1-3-22(26-18-12-7-5-8-13-18)20-16-11-17-21(25)24(20)23(4-2)27-19-14-9-6-10-15-19/h5-17,22-23,25H,3-4H2,1-2H3.